The molecule has 1 aliphatic heterocycles. The average Bonchev–Trinajstić information content (AvgIpc) is 2.99. The van der Waals surface area contributed by atoms with Crippen molar-refractivity contribution in [3.8, 4) is 5.69 Å². The molecular formula is C12H12BrN3O2. The van der Waals surface area contributed by atoms with Crippen LogP contribution in [-0.4, -0.2) is 27.6 Å². The van der Waals surface area contributed by atoms with Gasteiger partial charge >= 0.3 is 5.69 Å². The minimum atomic E-state index is -0.118. The van der Waals surface area contributed by atoms with Crippen molar-refractivity contribution in [1.29, 1.82) is 0 Å². The zero-order valence-corrected chi connectivity index (χ0v) is 11.2. The fraction of sp³-hybridized carbons (Fsp3) is 0.333. The summed E-state index contributed by atoms with van der Waals surface area (Å²) in [4.78, 5) is 12.2. The Labute approximate surface area is 112 Å². The van der Waals surface area contributed by atoms with Gasteiger partial charge in [-0.15, -0.1) is 0 Å². The lowest BCUT2D eigenvalue weighted by Gasteiger charge is -2.05. The van der Waals surface area contributed by atoms with Crippen molar-refractivity contribution in [2.45, 2.75) is 12.5 Å². The van der Waals surface area contributed by atoms with Crippen molar-refractivity contribution in [1.82, 2.24) is 14.3 Å². The molecule has 1 saturated heterocycles. The molecule has 0 amide bonds. The minimum Gasteiger partial charge on any atom is -0.379 e. The van der Waals surface area contributed by atoms with E-state index in [0.717, 1.165) is 16.6 Å². The van der Waals surface area contributed by atoms with Crippen molar-refractivity contribution >= 4 is 15.9 Å². The van der Waals surface area contributed by atoms with Gasteiger partial charge in [-0.05, 0) is 30.7 Å². The minimum absolute atomic E-state index is 0.0641. The molecule has 5 nitrogen and oxygen atoms in total. The summed E-state index contributed by atoms with van der Waals surface area (Å²) in [6.07, 6.45) is 2.40. The Morgan fingerprint density at radius 3 is 2.78 bits per heavy atom. The molecule has 1 aromatic carbocycles. The lowest BCUT2D eigenvalue weighted by Crippen LogP contribution is -2.27. The Bertz CT molecular complexity index is 597. The van der Waals surface area contributed by atoms with Gasteiger partial charge in [0.05, 0.1) is 18.3 Å². The second-order valence-electron chi connectivity index (χ2n) is 4.22. The summed E-state index contributed by atoms with van der Waals surface area (Å²) < 4.78 is 9.32. The third kappa shape index (κ3) is 2.02. The normalized spacial score (nSPS) is 19.3. The lowest BCUT2D eigenvalue weighted by atomic mass is 10.3. The van der Waals surface area contributed by atoms with Gasteiger partial charge in [0.15, 0.2) is 0 Å². The third-order valence-corrected chi connectivity index (χ3v) is 3.58. The summed E-state index contributed by atoms with van der Waals surface area (Å²) in [5.74, 6) is 0. The molecule has 1 fully saturated rings. The third-order valence-electron chi connectivity index (χ3n) is 3.05. The van der Waals surface area contributed by atoms with Crippen molar-refractivity contribution in [2.24, 2.45) is 0 Å². The van der Waals surface area contributed by atoms with E-state index in [1.807, 2.05) is 24.3 Å². The highest BCUT2D eigenvalue weighted by molar-refractivity contribution is 9.10. The van der Waals surface area contributed by atoms with Gasteiger partial charge in [0, 0.05) is 11.1 Å². The van der Waals surface area contributed by atoms with E-state index in [2.05, 4.69) is 21.0 Å². The van der Waals surface area contributed by atoms with Gasteiger partial charge in [0.2, 0.25) is 0 Å². The first kappa shape index (κ1) is 11.7. The Kier molecular flexibility index (Phi) is 3.05. The van der Waals surface area contributed by atoms with Crippen LogP contribution >= 0.6 is 15.9 Å². The number of rotatable bonds is 2. The SMILES string of the molecule is O=c1n(-c2ccc(Br)cc2)cnn1C1CCOC1. The first-order valence-corrected chi connectivity index (χ1v) is 6.55. The molecule has 1 atom stereocenters. The smallest absolute Gasteiger partial charge is 0.350 e. The standard InChI is InChI=1S/C12H12BrN3O2/c13-9-1-3-10(4-2-9)15-8-14-16(12(15)17)11-5-6-18-7-11/h1-4,8,11H,5-7H2. The first-order chi connectivity index (χ1) is 8.75. The molecule has 94 valence electrons. The fourth-order valence-electron chi connectivity index (χ4n) is 2.06. The Morgan fingerprint density at radius 2 is 2.11 bits per heavy atom. The van der Waals surface area contributed by atoms with Gasteiger partial charge in [-0.25, -0.2) is 14.0 Å². The Balaban J connectivity index is 1.98. The highest BCUT2D eigenvalue weighted by Gasteiger charge is 2.21. The molecule has 0 saturated carbocycles. The molecule has 2 heterocycles. The van der Waals surface area contributed by atoms with E-state index in [4.69, 9.17) is 4.74 Å². The van der Waals surface area contributed by atoms with Crippen LogP contribution in [0.4, 0.5) is 0 Å². The quantitative estimate of drug-likeness (QED) is 0.849. The second-order valence-corrected chi connectivity index (χ2v) is 5.14. The largest absolute Gasteiger partial charge is 0.379 e. The maximum Gasteiger partial charge on any atom is 0.350 e. The van der Waals surface area contributed by atoms with E-state index in [0.29, 0.717) is 13.2 Å². The van der Waals surface area contributed by atoms with Crippen LogP contribution < -0.4 is 5.69 Å². The van der Waals surface area contributed by atoms with Crippen LogP contribution in [0.5, 0.6) is 0 Å². The summed E-state index contributed by atoms with van der Waals surface area (Å²) in [7, 11) is 0. The average molecular weight is 310 g/mol. The predicted molar refractivity (Wildman–Crippen MR) is 70.0 cm³/mol. The molecule has 3 rings (SSSR count). The number of aromatic nitrogens is 3. The second kappa shape index (κ2) is 4.70. The summed E-state index contributed by atoms with van der Waals surface area (Å²) in [5.41, 5.74) is 0.696. The van der Waals surface area contributed by atoms with Gasteiger partial charge in [0.25, 0.3) is 0 Å². The van der Waals surface area contributed by atoms with Crippen LogP contribution in [0, 0.1) is 0 Å². The first-order valence-electron chi connectivity index (χ1n) is 5.75. The molecule has 6 heteroatoms. The van der Waals surface area contributed by atoms with Crippen LogP contribution in [0.25, 0.3) is 5.69 Å². The molecule has 0 bridgehead atoms. The Morgan fingerprint density at radius 1 is 1.33 bits per heavy atom. The van der Waals surface area contributed by atoms with E-state index in [1.165, 1.54) is 4.68 Å². The maximum atomic E-state index is 12.2. The maximum absolute atomic E-state index is 12.2. The molecule has 18 heavy (non-hydrogen) atoms. The predicted octanol–water partition coefficient (Wildman–Crippen LogP) is 1.76. The van der Waals surface area contributed by atoms with Crippen molar-refractivity contribution < 1.29 is 4.74 Å². The van der Waals surface area contributed by atoms with Gasteiger partial charge in [0.1, 0.15) is 6.33 Å². The number of hydrogen-bond donors (Lipinski definition) is 0. The monoisotopic (exact) mass is 309 g/mol. The number of benzene rings is 1. The van der Waals surface area contributed by atoms with Gasteiger partial charge < -0.3 is 4.74 Å². The van der Waals surface area contributed by atoms with Gasteiger partial charge in [-0.2, -0.15) is 5.10 Å². The summed E-state index contributed by atoms with van der Waals surface area (Å²) >= 11 is 3.37. The fourth-order valence-corrected chi connectivity index (χ4v) is 2.32. The van der Waals surface area contributed by atoms with Crippen LogP contribution in [-0.2, 0) is 4.74 Å². The Hall–Kier alpha value is -1.40. The number of hydrogen-bond acceptors (Lipinski definition) is 3. The van der Waals surface area contributed by atoms with E-state index in [1.54, 1.807) is 10.9 Å². The summed E-state index contributed by atoms with van der Waals surface area (Å²) in [6, 6.07) is 7.62. The highest BCUT2D eigenvalue weighted by Crippen LogP contribution is 2.16. The topological polar surface area (TPSA) is 49.0 Å². The molecule has 0 radical (unpaired) electrons. The number of nitrogens with zero attached hydrogens (tertiary/aromatic N) is 3. The van der Waals surface area contributed by atoms with Crippen LogP contribution in [0.2, 0.25) is 0 Å². The highest BCUT2D eigenvalue weighted by atomic mass is 79.9. The lowest BCUT2D eigenvalue weighted by molar-refractivity contribution is 0.183. The molecule has 0 N–H and O–H groups in total. The molecule has 1 unspecified atom stereocenters. The van der Waals surface area contributed by atoms with Crippen LogP contribution in [0.15, 0.2) is 39.9 Å². The molecular weight excluding hydrogens is 298 g/mol. The molecule has 0 spiro atoms. The van der Waals surface area contributed by atoms with Crippen LogP contribution in [0.1, 0.15) is 12.5 Å². The van der Waals surface area contributed by atoms with E-state index in [9.17, 15) is 4.79 Å². The van der Waals surface area contributed by atoms with E-state index < -0.39 is 0 Å². The molecule has 2 aromatic rings. The van der Waals surface area contributed by atoms with Crippen LogP contribution in [0.3, 0.4) is 0 Å². The molecule has 0 aliphatic carbocycles. The summed E-state index contributed by atoms with van der Waals surface area (Å²) in [6.45, 7) is 1.26. The zero-order chi connectivity index (χ0) is 12.5. The van der Waals surface area contributed by atoms with Crippen molar-refractivity contribution in [3.63, 3.8) is 0 Å². The van der Waals surface area contributed by atoms with Gasteiger partial charge in [-0.3, -0.25) is 0 Å². The van der Waals surface area contributed by atoms with Gasteiger partial charge in [-0.1, -0.05) is 15.9 Å². The van der Waals surface area contributed by atoms with E-state index >= 15 is 0 Å². The number of halogens is 1. The number of ether oxygens (including phenoxy) is 1. The van der Waals surface area contributed by atoms with Crippen molar-refractivity contribution in [3.05, 3.63) is 45.5 Å². The zero-order valence-electron chi connectivity index (χ0n) is 9.62. The summed E-state index contributed by atoms with van der Waals surface area (Å²) in [5, 5.41) is 4.17. The van der Waals surface area contributed by atoms with Crippen molar-refractivity contribution in [2.75, 3.05) is 13.2 Å². The molecule has 1 aliphatic rings. The molecule has 1 aromatic heterocycles. The van der Waals surface area contributed by atoms with E-state index in [-0.39, 0.29) is 11.7 Å².